The molecule has 5 nitrogen and oxygen atoms in total. The van der Waals surface area contributed by atoms with Crippen LogP contribution in [0.3, 0.4) is 0 Å². The molecule has 3 aromatic rings. The number of rotatable bonds is 6. The summed E-state index contributed by atoms with van der Waals surface area (Å²) in [5, 5.41) is 2.08. The lowest BCUT2D eigenvalue weighted by molar-refractivity contribution is 0.391. The normalized spacial score (nSPS) is 12.7. The van der Waals surface area contributed by atoms with Gasteiger partial charge in [0.05, 0.1) is 14.2 Å². The molecule has 1 atom stereocenters. The van der Waals surface area contributed by atoms with Crippen molar-refractivity contribution >= 4 is 20.8 Å². The summed E-state index contributed by atoms with van der Waals surface area (Å²) in [4.78, 5) is 0.0476. The molecule has 1 N–H and O–H groups in total. The van der Waals surface area contributed by atoms with Crippen molar-refractivity contribution < 1.29 is 17.9 Å². The molecule has 0 heterocycles. The van der Waals surface area contributed by atoms with Gasteiger partial charge >= 0.3 is 0 Å². The largest absolute Gasteiger partial charge is 0.497 e. The van der Waals surface area contributed by atoms with E-state index in [0.717, 1.165) is 16.3 Å². The summed E-state index contributed by atoms with van der Waals surface area (Å²) in [6, 6.07) is 18.0. The van der Waals surface area contributed by atoms with Crippen LogP contribution in [0, 0.1) is 0 Å². The number of nitrogens with one attached hydrogen (secondary N) is 1. The molecule has 0 fully saturated rings. The third-order valence-corrected chi connectivity index (χ3v) is 5.84. The number of benzene rings is 3. The molecular weight excluding hydrogens is 350 g/mol. The van der Waals surface area contributed by atoms with E-state index in [-0.39, 0.29) is 10.6 Å². The first-order valence-corrected chi connectivity index (χ1v) is 9.66. The van der Waals surface area contributed by atoms with Gasteiger partial charge in [-0.1, -0.05) is 42.5 Å². The molecule has 0 aliphatic rings. The van der Waals surface area contributed by atoms with Gasteiger partial charge in [-0.25, -0.2) is 13.1 Å². The highest BCUT2D eigenvalue weighted by Crippen LogP contribution is 2.30. The molecule has 0 aromatic heterocycles. The van der Waals surface area contributed by atoms with Crippen molar-refractivity contribution in [2.24, 2.45) is 0 Å². The van der Waals surface area contributed by atoms with Crippen LogP contribution >= 0.6 is 0 Å². The predicted molar refractivity (Wildman–Crippen MR) is 102 cm³/mol. The van der Waals surface area contributed by atoms with Crippen LogP contribution in [-0.4, -0.2) is 22.6 Å². The molecule has 0 spiro atoms. The fraction of sp³-hybridized carbons (Fsp3) is 0.200. The minimum atomic E-state index is -3.81. The highest BCUT2D eigenvalue weighted by molar-refractivity contribution is 7.89. The predicted octanol–water partition coefficient (Wildman–Crippen LogP) is 3.90. The summed E-state index contributed by atoms with van der Waals surface area (Å²) < 4.78 is 39.0. The van der Waals surface area contributed by atoms with E-state index >= 15 is 0 Å². The van der Waals surface area contributed by atoms with Gasteiger partial charge in [0.25, 0.3) is 0 Å². The summed E-state index contributed by atoms with van der Waals surface area (Å²) in [6.45, 7) is 1.83. The van der Waals surface area contributed by atoms with E-state index in [4.69, 9.17) is 9.47 Å². The quantitative estimate of drug-likeness (QED) is 0.714. The first-order valence-electron chi connectivity index (χ1n) is 8.18. The molecule has 0 radical (unpaired) electrons. The van der Waals surface area contributed by atoms with E-state index in [1.54, 1.807) is 12.1 Å². The number of fused-ring (bicyclic) bond motifs is 1. The van der Waals surface area contributed by atoms with Gasteiger partial charge in [-0.15, -0.1) is 0 Å². The Morgan fingerprint density at radius 3 is 2.38 bits per heavy atom. The Kier molecular flexibility index (Phi) is 5.15. The van der Waals surface area contributed by atoms with Crippen LogP contribution in [0.1, 0.15) is 18.5 Å². The minimum Gasteiger partial charge on any atom is -0.497 e. The Balaban J connectivity index is 1.99. The highest BCUT2D eigenvalue weighted by atomic mass is 32.2. The lowest BCUT2D eigenvalue weighted by atomic mass is 10.0. The fourth-order valence-electron chi connectivity index (χ4n) is 2.98. The number of hydrogen-bond acceptors (Lipinski definition) is 4. The maximum atomic E-state index is 13.0. The van der Waals surface area contributed by atoms with E-state index in [1.165, 1.54) is 20.3 Å². The second-order valence-electron chi connectivity index (χ2n) is 5.93. The first-order chi connectivity index (χ1) is 12.5. The third-order valence-electron chi connectivity index (χ3n) is 4.28. The minimum absolute atomic E-state index is 0.0476. The van der Waals surface area contributed by atoms with Gasteiger partial charge in [0.1, 0.15) is 16.4 Å². The highest BCUT2D eigenvalue weighted by Gasteiger charge is 2.24. The molecule has 0 bridgehead atoms. The van der Waals surface area contributed by atoms with Crippen LogP contribution in [0.2, 0.25) is 0 Å². The van der Waals surface area contributed by atoms with Gasteiger partial charge in [-0.2, -0.15) is 0 Å². The summed E-state index contributed by atoms with van der Waals surface area (Å²) in [7, 11) is -0.877. The summed E-state index contributed by atoms with van der Waals surface area (Å²) in [6.07, 6.45) is 0. The Bertz CT molecular complexity index is 1030. The van der Waals surface area contributed by atoms with Crippen LogP contribution < -0.4 is 14.2 Å². The molecule has 3 aromatic carbocycles. The molecule has 3 rings (SSSR count). The monoisotopic (exact) mass is 371 g/mol. The SMILES string of the molecule is COc1ccc(OC)c(S(=O)(=O)NC(C)c2cccc3ccccc23)c1. The standard InChI is InChI=1S/C20H21NO4S/c1-14(17-10-6-8-15-7-4-5-9-18(15)17)21-26(22,23)20-13-16(24-2)11-12-19(20)25-3/h4-14,21H,1-3H3. The molecular formula is C20H21NO4S. The topological polar surface area (TPSA) is 64.6 Å². The van der Waals surface area contributed by atoms with Crippen molar-refractivity contribution in [2.45, 2.75) is 17.9 Å². The van der Waals surface area contributed by atoms with Crippen molar-refractivity contribution in [3.8, 4) is 11.5 Å². The first kappa shape index (κ1) is 18.2. The average molecular weight is 371 g/mol. The summed E-state index contributed by atoms with van der Waals surface area (Å²) >= 11 is 0. The van der Waals surface area contributed by atoms with E-state index in [9.17, 15) is 8.42 Å². The van der Waals surface area contributed by atoms with Crippen molar-refractivity contribution in [1.82, 2.24) is 4.72 Å². The Morgan fingerprint density at radius 2 is 1.65 bits per heavy atom. The van der Waals surface area contributed by atoms with E-state index in [0.29, 0.717) is 5.75 Å². The molecule has 0 saturated carbocycles. The van der Waals surface area contributed by atoms with E-state index in [2.05, 4.69) is 4.72 Å². The molecule has 1 unspecified atom stereocenters. The van der Waals surface area contributed by atoms with Gasteiger partial charge in [0.15, 0.2) is 0 Å². The van der Waals surface area contributed by atoms with Gasteiger partial charge in [0.2, 0.25) is 10.0 Å². The van der Waals surface area contributed by atoms with Crippen molar-refractivity contribution in [1.29, 1.82) is 0 Å². The zero-order valence-electron chi connectivity index (χ0n) is 14.9. The van der Waals surface area contributed by atoms with Crippen molar-refractivity contribution in [2.75, 3.05) is 14.2 Å². The van der Waals surface area contributed by atoms with Crippen LogP contribution in [0.25, 0.3) is 10.8 Å². The number of ether oxygens (including phenoxy) is 2. The summed E-state index contributed by atoms with van der Waals surface area (Å²) in [5.74, 6) is 0.715. The van der Waals surface area contributed by atoms with Crippen LogP contribution in [0.4, 0.5) is 0 Å². The second-order valence-corrected chi connectivity index (χ2v) is 7.61. The van der Waals surface area contributed by atoms with Gasteiger partial charge < -0.3 is 9.47 Å². The zero-order chi connectivity index (χ0) is 18.7. The molecule has 136 valence electrons. The van der Waals surface area contributed by atoms with E-state index in [1.807, 2.05) is 49.4 Å². The molecule has 0 aliphatic heterocycles. The van der Waals surface area contributed by atoms with Crippen LogP contribution in [0.15, 0.2) is 65.6 Å². The number of methoxy groups -OCH3 is 2. The molecule has 0 saturated heterocycles. The Hall–Kier alpha value is -2.57. The molecule has 0 aliphatic carbocycles. The van der Waals surface area contributed by atoms with Gasteiger partial charge in [-0.3, -0.25) is 0 Å². The average Bonchev–Trinajstić information content (AvgIpc) is 2.66. The Morgan fingerprint density at radius 1 is 0.923 bits per heavy atom. The maximum Gasteiger partial charge on any atom is 0.244 e. The smallest absolute Gasteiger partial charge is 0.244 e. The third kappa shape index (κ3) is 3.52. The number of hydrogen-bond donors (Lipinski definition) is 1. The lowest BCUT2D eigenvalue weighted by Gasteiger charge is -2.18. The molecule has 6 heteroatoms. The number of sulfonamides is 1. The fourth-order valence-corrected chi connectivity index (χ4v) is 4.39. The van der Waals surface area contributed by atoms with Crippen LogP contribution in [-0.2, 0) is 10.0 Å². The van der Waals surface area contributed by atoms with Crippen molar-refractivity contribution in [3.05, 3.63) is 66.2 Å². The second kappa shape index (κ2) is 7.35. The van der Waals surface area contributed by atoms with Gasteiger partial charge in [-0.05, 0) is 35.4 Å². The van der Waals surface area contributed by atoms with Gasteiger partial charge in [0, 0.05) is 12.1 Å². The van der Waals surface area contributed by atoms with Crippen LogP contribution in [0.5, 0.6) is 11.5 Å². The molecule has 26 heavy (non-hydrogen) atoms. The Labute approximate surface area is 153 Å². The summed E-state index contributed by atoms with van der Waals surface area (Å²) in [5.41, 5.74) is 0.911. The molecule has 0 amide bonds. The maximum absolute atomic E-state index is 13.0. The van der Waals surface area contributed by atoms with E-state index < -0.39 is 16.1 Å². The lowest BCUT2D eigenvalue weighted by Crippen LogP contribution is -2.27. The zero-order valence-corrected chi connectivity index (χ0v) is 15.7. The van der Waals surface area contributed by atoms with Crippen molar-refractivity contribution in [3.63, 3.8) is 0 Å².